The Kier molecular flexibility index (Phi) is 3.09. The Bertz CT molecular complexity index is 565. The van der Waals surface area contributed by atoms with Gasteiger partial charge in [0.15, 0.2) is 5.69 Å². The summed E-state index contributed by atoms with van der Waals surface area (Å²) >= 11 is 3.07. The molecule has 0 aliphatic heterocycles. The van der Waals surface area contributed by atoms with E-state index in [0.29, 0.717) is 4.48 Å². The zero-order valence-corrected chi connectivity index (χ0v) is 10.4. The summed E-state index contributed by atoms with van der Waals surface area (Å²) in [6.07, 6.45) is 3.48. The first-order valence-corrected chi connectivity index (χ1v) is 5.59. The number of hydrogen-bond acceptors (Lipinski definition) is 6. The third kappa shape index (κ3) is 1.97. The first kappa shape index (κ1) is 12.6. The summed E-state index contributed by atoms with van der Waals surface area (Å²) in [6.45, 7) is 0. The molecular formula is C9H7BrN4O4. The van der Waals surface area contributed by atoms with Crippen LogP contribution in [0.3, 0.4) is 0 Å². The number of nitrogens with zero attached hydrogens (tertiary/aromatic N) is 3. The lowest BCUT2D eigenvalue weighted by molar-refractivity contribution is -0.440. The van der Waals surface area contributed by atoms with Gasteiger partial charge in [-0.3, -0.25) is 14.9 Å². The zero-order chi connectivity index (χ0) is 13.3. The van der Waals surface area contributed by atoms with E-state index in [1.807, 2.05) is 0 Å². The Morgan fingerprint density at radius 1 is 1.67 bits per heavy atom. The molecule has 94 valence electrons. The van der Waals surface area contributed by atoms with Gasteiger partial charge in [0.2, 0.25) is 11.4 Å². The molecule has 0 amide bonds. The summed E-state index contributed by atoms with van der Waals surface area (Å²) in [5.41, 5.74) is -2.97. The van der Waals surface area contributed by atoms with Gasteiger partial charge in [0.1, 0.15) is 0 Å². The molecule has 1 atom stereocenters. The second kappa shape index (κ2) is 4.42. The minimum Gasteiger partial charge on any atom is -0.371 e. The van der Waals surface area contributed by atoms with Crippen LogP contribution in [-0.2, 0) is 0 Å². The monoisotopic (exact) mass is 314 g/mol. The number of rotatable bonds is 3. The number of H-pyrrole nitrogens is 1. The summed E-state index contributed by atoms with van der Waals surface area (Å²) < 4.78 is 0.437. The fraction of sp³-hybridized carbons (Fsp3) is 0.222. The molecule has 1 aromatic heterocycles. The summed E-state index contributed by atoms with van der Waals surface area (Å²) in [5, 5.41) is 30.3. The molecular weight excluding hydrogens is 308 g/mol. The van der Waals surface area contributed by atoms with Crippen LogP contribution < -0.4 is 0 Å². The number of Topliss-reactive ketones (excluding diaryl/α,β-unsaturated/α-hetero) is 1. The second-order valence-corrected chi connectivity index (χ2v) is 4.54. The molecule has 1 aliphatic carbocycles. The lowest BCUT2D eigenvalue weighted by Crippen LogP contribution is -2.44. The van der Waals surface area contributed by atoms with Gasteiger partial charge in [0.05, 0.1) is 11.1 Å². The molecule has 0 fully saturated rings. The van der Waals surface area contributed by atoms with Crippen molar-refractivity contribution in [2.45, 2.75) is 12.0 Å². The van der Waals surface area contributed by atoms with E-state index in [9.17, 15) is 20.0 Å². The van der Waals surface area contributed by atoms with E-state index in [1.165, 1.54) is 6.08 Å². The van der Waals surface area contributed by atoms with Gasteiger partial charge in [-0.05, 0) is 0 Å². The van der Waals surface area contributed by atoms with Crippen molar-refractivity contribution in [1.29, 1.82) is 0 Å². The molecule has 1 heterocycles. The van der Waals surface area contributed by atoms with E-state index in [2.05, 4.69) is 31.3 Å². The molecule has 0 radical (unpaired) electrons. The molecule has 0 saturated heterocycles. The van der Waals surface area contributed by atoms with Crippen molar-refractivity contribution in [2.24, 2.45) is 0 Å². The van der Waals surface area contributed by atoms with Gasteiger partial charge >= 0.3 is 0 Å². The quantitative estimate of drug-likeness (QED) is 0.477. The highest BCUT2D eigenvalue weighted by atomic mass is 79.9. The van der Waals surface area contributed by atoms with E-state index >= 15 is 0 Å². The fourth-order valence-electron chi connectivity index (χ4n) is 1.59. The van der Waals surface area contributed by atoms with Crippen molar-refractivity contribution in [3.63, 3.8) is 0 Å². The number of nitro groups is 1. The first-order valence-electron chi connectivity index (χ1n) is 4.80. The van der Waals surface area contributed by atoms with Gasteiger partial charge in [-0.1, -0.05) is 22.0 Å². The van der Waals surface area contributed by atoms with Crippen LogP contribution in [0.2, 0.25) is 0 Å². The summed E-state index contributed by atoms with van der Waals surface area (Å²) in [6, 6.07) is 0. The fourth-order valence-corrected chi connectivity index (χ4v) is 1.97. The molecule has 0 saturated carbocycles. The van der Waals surface area contributed by atoms with Crippen molar-refractivity contribution in [1.82, 2.24) is 15.4 Å². The molecule has 0 aromatic carbocycles. The molecule has 2 rings (SSSR count). The topological polar surface area (TPSA) is 122 Å². The van der Waals surface area contributed by atoms with Crippen LogP contribution in [0.15, 0.2) is 28.5 Å². The minimum atomic E-state index is -2.22. The van der Waals surface area contributed by atoms with Gasteiger partial charge in [-0.15, -0.1) is 0 Å². The highest BCUT2D eigenvalue weighted by molar-refractivity contribution is 9.11. The van der Waals surface area contributed by atoms with E-state index < -0.39 is 22.0 Å². The predicted molar refractivity (Wildman–Crippen MR) is 62.4 cm³/mol. The van der Waals surface area contributed by atoms with Crippen LogP contribution in [0, 0.1) is 10.1 Å². The average molecular weight is 315 g/mol. The Labute approximate surface area is 109 Å². The molecule has 1 aromatic rings. The Hall–Kier alpha value is -1.87. The van der Waals surface area contributed by atoms with E-state index in [4.69, 9.17) is 0 Å². The average Bonchev–Trinajstić information content (AvgIpc) is 2.84. The molecule has 0 spiro atoms. The number of hydrogen-bond donors (Lipinski definition) is 2. The number of aromatic nitrogens is 3. The van der Waals surface area contributed by atoms with Crippen LogP contribution in [-0.4, -0.2) is 36.8 Å². The second-order valence-electron chi connectivity index (χ2n) is 3.62. The van der Waals surface area contributed by atoms with Gasteiger partial charge in [-0.2, -0.15) is 15.4 Å². The van der Waals surface area contributed by atoms with Crippen molar-refractivity contribution in [2.75, 3.05) is 0 Å². The van der Waals surface area contributed by atoms with Crippen molar-refractivity contribution in [3.8, 4) is 0 Å². The lowest BCUT2D eigenvalue weighted by atomic mass is 9.86. The number of aromatic amines is 1. The largest absolute Gasteiger partial charge is 0.371 e. The van der Waals surface area contributed by atoms with Crippen LogP contribution in [0.25, 0.3) is 0 Å². The maximum atomic E-state index is 12.0. The molecule has 18 heavy (non-hydrogen) atoms. The smallest absolute Gasteiger partial charge is 0.287 e. The van der Waals surface area contributed by atoms with E-state index in [-0.39, 0.29) is 12.1 Å². The highest BCUT2D eigenvalue weighted by Crippen LogP contribution is 2.33. The Balaban J connectivity index is 2.45. The SMILES string of the molecule is O=C(c1cn[nH]n1)C1(O)CC=C(Br)C=C1[N+](=O)[O-]. The number of aliphatic hydroxyl groups is 1. The number of allylic oxidation sites excluding steroid dienone is 2. The third-order valence-electron chi connectivity index (χ3n) is 2.51. The number of carbonyl (C=O) groups is 1. The van der Waals surface area contributed by atoms with Crippen molar-refractivity contribution in [3.05, 3.63) is 44.3 Å². The highest BCUT2D eigenvalue weighted by Gasteiger charge is 2.49. The molecule has 1 aliphatic rings. The minimum absolute atomic E-state index is 0.156. The van der Waals surface area contributed by atoms with E-state index in [1.54, 1.807) is 0 Å². The van der Waals surface area contributed by atoms with Gasteiger partial charge < -0.3 is 5.11 Å². The summed E-state index contributed by atoms with van der Waals surface area (Å²) in [5.74, 6) is -0.865. The molecule has 9 heteroatoms. The lowest BCUT2D eigenvalue weighted by Gasteiger charge is -2.23. The standard InChI is InChI=1S/C9H7BrN4O4/c10-5-1-2-9(16,7(3-5)14(17)18)8(15)6-4-11-13-12-6/h1,3-4,16H,2H2,(H,11,12,13). The van der Waals surface area contributed by atoms with Gasteiger partial charge in [-0.25, -0.2) is 0 Å². The summed E-state index contributed by atoms with van der Waals surface area (Å²) in [7, 11) is 0. The summed E-state index contributed by atoms with van der Waals surface area (Å²) in [4.78, 5) is 22.2. The van der Waals surface area contributed by atoms with Crippen molar-refractivity contribution < 1.29 is 14.8 Å². The number of halogens is 1. The van der Waals surface area contributed by atoms with Gasteiger partial charge in [0, 0.05) is 17.0 Å². The zero-order valence-electron chi connectivity index (χ0n) is 8.83. The van der Waals surface area contributed by atoms with Crippen LogP contribution >= 0.6 is 15.9 Å². The molecule has 2 N–H and O–H groups in total. The van der Waals surface area contributed by atoms with Crippen LogP contribution in [0.4, 0.5) is 0 Å². The van der Waals surface area contributed by atoms with E-state index in [0.717, 1.165) is 12.3 Å². The van der Waals surface area contributed by atoms with Gasteiger partial charge in [0.25, 0.3) is 5.70 Å². The number of nitrogens with one attached hydrogen (secondary N) is 1. The molecule has 1 unspecified atom stereocenters. The maximum absolute atomic E-state index is 12.0. The van der Waals surface area contributed by atoms with Crippen LogP contribution in [0.1, 0.15) is 16.9 Å². The molecule has 8 nitrogen and oxygen atoms in total. The Morgan fingerprint density at radius 3 is 2.94 bits per heavy atom. The van der Waals surface area contributed by atoms with Crippen molar-refractivity contribution >= 4 is 21.7 Å². The maximum Gasteiger partial charge on any atom is 0.287 e. The third-order valence-corrected chi connectivity index (χ3v) is 3.06. The number of carbonyl (C=O) groups excluding carboxylic acids is 1. The number of ketones is 1. The molecule has 0 bridgehead atoms. The Morgan fingerprint density at radius 2 is 2.39 bits per heavy atom. The first-order chi connectivity index (χ1) is 8.45. The predicted octanol–water partition coefficient (Wildman–Crippen LogP) is 0.562. The van der Waals surface area contributed by atoms with Crippen LogP contribution in [0.5, 0.6) is 0 Å². The normalized spacial score (nSPS) is 23.2.